The Morgan fingerprint density at radius 3 is 2.52 bits per heavy atom. The topological polar surface area (TPSA) is 79.3 Å². The van der Waals surface area contributed by atoms with E-state index in [9.17, 15) is 13.5 Å². The monoisotopic (exact) mass is 326 g/mol. The average molecular weight is 327 g/mol. The highest BCUT2D eigenvalue weighted by Crippen LogP contribution is 2.16. The molecule has 0 aliphatic rings. The quantitative estimate of drug-likeness (QED) is 0.797. The molecule has 0 bridgehead atoms. The van der Waals surface area contributed by atoms with E-state index in [1.165, 1.54) is 18.3 Å². The van der Waals surface area contributed by atoms with Gasteiger partial charge in [-0.25, -0.2) is 18.1 Å². The Labute approximate surface area is 128 Å². The van der Waals surface area contributed by atoms with E-state index in [1.54, 1.807) is 12.1 Å². The highest BCUT2D eigenvalue weighted by Gasteiger charge is 2.15. The van der Waals surface area contributed by atoms with Crippen LogP contribution in [-0.4, -0.2) is 25.1 Å². The van der Waals surface area contributed by atoms with Gasteiger partial charge >= 0.3 is 0 Å². The van der Waals surface area contributed by atoms with Gasteiger partial charge < -0.3 is 5.11 Å². The first-order valence-electron chi connectivity index (χ1n) is 6.33. The summed E-state index contributed by atoms with van der Waals surface area (Å²) in [6.07, 6.45) is 0.764. The Bertz CT molecular complexity index is 675. The highest BCUT2D eigenvalue weighted by molar-refractivity contribution is 7.89. The van der Waals surface area contributed by atoms with Gasteiger partial charge in [-0.05, 0) is 24.1 Å². The summed E-state index contributed by atoms with van der Waals surface area (Å²) < 4.78 is 26.4. The van der Waals surface area contributed by atoms with E-state index in [0.717, 1.165) is 5.56 Å². The van der Waals surface area contributed by atoms with Gasteiger partial charge in [0.15, 0.2) is 0 Å². The SMILES string of the molecule is O=S(=O)(NCCC(O)c1ccccc1)c1ccc(Cl)nc1. The number of sulfonamides is 1. The third-order valence-electron chi connectivity index (χ3n) is 2.90. The molecule has 0 amide bonds. The maximum atomic E-state index is 12.0. The fourth-order valence-corrected chi connectivity index (χ4v) is 2.88. The summed E-state index contributed by atoms with van der Waals surface area (Å²) in [5.74, 6) is 0. The molecule has 0 saturated heterocycles. The van der Waals surface area contributed by atoms with Crippen molar-refractivity contribution in [3.8, 4) is 0 Å². The first-order valence-corrected chi connectivity index (χ1v) is 8.19. The third-order valence-corrected chi connectivity index (χ3v) is 4.57. The maximum Gasteiger partial charge on any atom is 0.242 e. The van der Waals surface area contributed by atoms with Crippen molar-refractivity contribution in [1.82, 2.24) is 9.71 Å². The lowest BCUT2D eigenvalue weighted by atomic mass is 10.1. The molecule has 5 nitrogen and oxygen atoms in total. The molecule has 2 N–H and O–H groups in total. The molecule has 21 heavy (non-hydrogen) atoms. The Kier molecular flexibility index (Phi) is 5.30. The molecule has 1 aromatic carbocycles. The van der Waals surface area contributed by atoms with Crippen molar-refractivity contribution in [2.45, 2.75) is 17.4 Å². The predicted molar refractivity (Wildman–Crippen MR) is 80.5 cm³/mol. The zero-order chi connectivity index (χ0) is 15.3. The first kappa shape index (κ1) is 15.9. The molecule has 0 fully saturated rings. The number of nitrogens with one attached hydrogen (secondary N) is 1. The van der Waals surface area contributed by atoms with Gasteiger partial charge in [-0.15, -0.1) is 0 Å². The second kappa shape index (κ2) is 7.00. The molecule has 112 valence electrons. The Balaban J connectivity index is 1.92. The summed E-state index contributed by atoms with van der Waals surface area (Å²) in [4.78, 5) is 3.78. The Hall–Kier alpha value is -1.47. The number of rotatable bonds is 6. The molecule has 0 spiro atoms. The van der Waals surface area contributed by atoms with Crippen LogP contribution in [0.3, 0.4) is 0 Å². The Morgan fingerprint density at radius 1 is 1.19 bits per heavy atom. The van der Waals surface area contributed by atoms with Crippen LogP contribution >= 0.6 is 11.6 Å². The number of aromatic nitrogens is 1. The smallest absolute Gasteiger partial charge is 0.242 e. The number of hydrogen-bond donors (Lipinski definition) is 2. The lowest BCUT2D eigenvalue weighted by Gasteiger charge is -2.11. The van der Waals surface area contributed by atoms with Gasteiger partial charge in [0, 0.05) is 12.7 Å². The zero-order valence-electron chi connectivity index (χ0n) is 11.1. The van der Waals surface area contributed by atoms with E-state index >= 15 is 0 Å². The van der Waals surface area contributed by atoms with E-state index in [0.29, 0.717) is 0 Å². The molecule has 0 aliphatic heterocycles. The number of pyridine rings is 1. The van der Waals surface area contributed by atoms with Gasteiger partial charge in [0.25, 0.3) is 0 Å². The van der Waals surface area contributed by atoms with Crippen molar-refractivity contribution in [2.24, 2.45) is 0 Å². The predicted octanol–water partition coefficient (Wildman–Crippen LogP) is 2.14. The number of hydrogen-bond acceptors (Lipinski definition) is 4. The fourth-order valence-electron chi connectivity index (χ4n) is 1.78. The van der Waals surface area contributed by atoms with E-state index in [2.05, 4.69) is 9.71 Å². The van der Waals surface area contributed by atoms with Crippen LogP contribution in [-0.2, 0) is 10.0 Å². The summed E-state index contributed by atoms with van der Waals surface area (Å²) in [5.41, 5.74) is 0.754. The molecular formula is C14H15ClN2O3S. The molecule has 2 aromatic rings. The molecule has 0 aliphatic carbocycles. The zero-order valence-corrected chi connectivity index (χ0v) is 12.7. The largest absolute Gasteiger partial charge is 0.388 e. The molecule has 1 aromatic heterocycles. The van der Waals surface area contributed by atoms with Crippen LogP contribution < -0.4 is 4.72 Å². The number of aliphatic hydroxyl groups excluding tert-OH is 1. The molecule has 2 rings (SSSR count). The minimum atomic E-state index is -3.64. The molecular weight excluding hydrogens is 312 g/mol. The van der Waals surface area contributed by atoms with Crippen LogP contribution in [0.15, 0.2) is 53.6 Å². The molecule has 7 heteroatoms. The minimum absolute atomic E-state index is 0.0427. The van der Waals surface area contributed by atoms with E-state index in [-0.39, 0.29) is 23.0 Å². The molecule has 0 saturated carbocycles. The number of halogens is 1. The van der Waals surface area contributed by atoms with Gasteiger partial charge in [-0.1, -0.05) is 41.9 Å². The number of nitrogens with zero attached hydrogens (tertiary/aromatic N) is 1. The van der Waals surface area contributed by atoms with Crippen molar-refractivity contribution >= 4 is 21.6 Å². The normalized spacial score (nSPS) is 13.0. The van der Waals surface area contributed by atoms with E-state index < -0.39 is 16.1 Å². The molecule has 1 unspecified atom stereocenters. The molecule has 0 radical (unpaired) electrons. The van der Waals surface area contributed by atoms with Crippen LogP contribution in [0, 0.1) is 0 Å². The summed E-state index contributed by atoms with van der Waals surface area (Å²) in [6.45, 7) is 0.126. The van der Waals surface area contributed by atoms with Crippen molar-refractivity contribution in [1.29, 1.82) is 0 Å². The minimum Gasteiger partial charge on any atom is -0.388 e. The van der Waals surface area contributed by atoms with Crippen molar-refractivity contribution in [3.63, 3.8) is 0 Å². The van der Waals surface area contributed by atoms with Crippen LogP contribution in [0.5, 0.6) is 0 Å². The number of benzene rings is 1. The third kappa shape index (κ3) is 4.50. The lowest BCUT2D eigenvalue weighted by Crippen LogP contribution is -2.26. The van der Waals surface area contributed by atoms with Crippen LogP contribution in [0.2, 0.25) is 5.15 Å². The standard InChI is InChI=1S/C14H15ClN2O3S/c15-14-7-6-12(10-16-14)21(19,20)17-9-8-13(18)11-4-2-1-3-5-11/h1-7,10,13,17-18H,8-9H2. The van der Waals surface area contributed by atoms with Gasteiger partial charge in [-0.2, -0.15) is 0 Å². The summed E-state index contributed by atoms with van der Waals surface area (Å²) in [5, 5.41) is 10.2. The molecule has 1 heterocycles. The Morgan fingerprint density at radius 2 is 1.90 bits per heavy atom. The highest BCUT2D eigenvalue weighted by atomic mass is 35.5. The summed E-state index contributed by atoms with van der Waals surface area (Å²) in [6, 6.07) is 11.9. The lowest BCUT2D eigenvalue weighted by molar-refractivity contribution is 0.169. The van der Waals surface area contributed by atoms with Crippen LogP contribution in [0.1, 0.15) is 18.1 Å². The van der Waals surface area contributed by atoms with Crippen molar-refractivity contribution in [3.05, 3.63) is 59.4 Å². The van der Waals surface area contributed by atoms with Gasteiger partial charge in [0.1, 0.15) is 10.0 Å². The maximum absolute atomic E-state index is 12.0. The van der Waals surface area contributed by atoms with Gasteiger partial charge in [-0.3, -0.25) is 0 Å². The van der Waals surface area contributed by atoms with Crippen molar-refractivity contribution in [2.75, 3.05) is 6.54 Å². The number of aliphatic hydroxyl groups is 1. The van der Waals surface area contributed by atoms with Gasteiger partial charge in [0.05, 0.1) is 6.10 Å². The summed E-state index contributed by atoms with van der Waals surface area (Å²) >= 11 is 5.62. The van der Waals surface area contributed by atoms with E-state index in [4.69, 9.17) is 11.6 Å². The van der Waals surface area contributed by atoms with Crippen molar-refractivity contribution < 1.29 is 13.5 Å². The second-order valence-electron chi connectivity index (χ2n) is 4.43. The summed E-state index contributed by atoms with van der Waals surface area (Å²) in [7, 11) is -3.64. The van der Waals surface area contributed by atoms with Crippen LogP contribution in [0.25, 0.3) is 0 Å². The first-order chi connectivity index (χ1) is 9.99. The molecule has 1 atom stereocenters. The van der Waals surface area contributed by atoms with Gasteiger partial charge in [0.2, 0.25) is 10.0 Å². The average Bonchev–Trinajstić information content (AvgIpc) is 2.48. The van der Waals surface area contributed by atoms with E-state index in [1.807, 2.05) is 18.2 Å². The van der Waals surface area contributed by atoms with Crippen LogP contribution in [0.4, 0.5) is 0 Å². The fraction of sp³-hybridized carbons (Fsp3) is 0.214. The second-order valence-corrected chi connectivity index (χ2v) is 6.58.